The SMILES string of the molecule is N#Cc1cccc(OCC(=O)Nc2ccc(C(F)(F)F)cc2)c1. The Balaban J connectivity index is 1.91. The fraction of sp³-hybridized carbons (Fsp3) is 0.125. The monoisotopic (exact) mass is 320 g/mol. The first-order valence-electron chi connectivity index (χ1n) is 6.48. The first-order valence-corrected chi connectivity index (χ1v) is 6.48. The van der Waals surface area contributed by atoms with E-state index in [-0.39, 0.29) is 12.3 Å². The van der Waals surface area contributed by atoms with Crippen LogP contribution in [0.15, 0.2) is 48.5 Å². The van der Waals surface area contributed by atoms with E-state index >= 15 is 0 Å². The molecule has 0 fully saturated rings. The van der Waals surface area contributed by atoms with E-state index in [0.29, 0.717) is 11.3 Å². The van der Waals surface area contributed by atoms with E-state index in [0.717, 1.165) is 24.3 Å². The van der Waals surface area contributed by atoms with E-state index in [4.69, 9.17) is 10.00 Å². The van der Waals surface area contributed by atoms with Gasteiger partial charge in [-0.3, -0.25) is 4.79 Å². The first kappa shape index (κ1) is 16.4. The summed E-state index contributed by atoms with van der Waals surface area (Å²) in [6.07, 6.45) is -4.42. The molecule has 0 radical (unpaired) electrons. The summed E-state index contributed by atoms with van der Waals surface area (Å²) < 4.78 is 42.5. The first-order chi connectivity index (χ1) is 10.9. The Labute approximate surface area is 130 Å². The van der Waals surface area contributed by atoms with E-state index in [1.54, 1.807) is 18.2 Å². The number of benzene rings is 2. The maximum atomic E-state index is 12.4. The zero-order valence-electron chi connectivity index (χ0n) is 11.7. The van der Waals surface area contributed by atoms with Crippen molar-refractivity contribution < 1.29 is 22.7 Å². The van der Waals surface area contributed by atoms with Crippen LogP contribution >= 0.6 is 0 Å². The average molecular weight is 320 g/mol. The van der Waals surface area contributed by atoms with Gasteiger partial charge in [0.15, 0.2) is 6.61 Å². The van der Waals surface area contributed by atoms with E-state index in [9.17, 15) is 18.0 Å². The molecule has 23 heavy (non-hydrogen) atoms. The van der Waals surface area contributed by atoms with E-state index in [2.05, 4.69) is 5.32 Å². The van der Waals surface area contributed by atoms with Crippen LogP contribution in [-0.4, -0.2) is 12.5 Å². The highest BCUT2D eigenvalue weighted by Crippen LogP contribution is 2.29. The third-order valence-electron chi connectivity index (χ3n) is 2.83. The Kier molecular flexibility index (Phi) is 4.86. The molecule has 0 heterocycles. The molecule has 0 unspecified atom stereocenters. The fourth-order valence-corrected chi connectivity index (χ4v) is 1.74. The van der Waals surface area contributed by atoms with Crippen molar-refractivity contribution in [3.05, 3.63) is 59.7 Å². The fourth-order valence-electron chi connectivity index (χ4n) is 1.74. The zero-order valence-corrected chi connectivity index (χ0v) is 11.7. The van der Waals surface area contributed by atoms with Crippen LogP contribution in [0, 0.1) is 11.3 Å². The molecule has 0 saturated carbocycles. The van der Waals surface area contributed by atoms with Gasteiger partial charge in [0.2, 0.25) is 0 Å². The van der Waals surface area contributed by atoms with Crippen LogP contribution in [0.25, 0.3) is 0 Å². The molecule has 1 N–H and O–H groups in total. The summed E-state index contributed by atoms with van der Waals surface area (Å²) in [7, 11) is 0. The summed E-state index contributed by atoms with van der Waals surface area (Å²) in [5, 5.41) is 11.2. The number of nitriles is 1. The maximum Gasteiger partial charge on any atom is 0.416 e. The number of amides is 1. The Morgan fingerprint density at radius 3 is 2.48 bits per heavy atom. The lowest BCUT2D eigenvalue weighted by molar-refractivity contribution is -0.137. The molecule has 4 nitrogen and oxygen atoms in total. The number of nitrogens with zero attached hydrogens (tertiary/aromatic N) is 1. The molecule has 0 saturated heterocycles. The number of carbonyl (C=O) groups excluding carboxylic acids is 1. The molecule has 2 aromatic rings. The number of alkyl halides is 3. The number of hydrogen-bond acceptors (Lipinski definition) is 3. The van der Waals surface area contributed by atoms with Crippen molar-refractivity contribution in [1.82, 2.24) is 0 Å². The molecule has 0 aromatic heterocycles. The Hall–Kier alpha value is -3.01. The summed E-state index contributed by atoms with van der Waals surface area (Å²) in [6.45, 7) is -0.324. The number of nitrogens with one attached hydrogen (secondary N) is 1. The standard InChI is InChI=1S/C16H11F3N2O2/c17-16(18,19)12-4-6-13(7-5-12)21-15(22)10-23-14-3-1-2-11(8-14)9-20/h1-8H,10H2,(H,21,22). The average Bonchev–Trinajstić information content (AvgIpc) is 2.53. The highest BCUT2D eigenvalue weighted by atomic mass is 19.4. The largest absolute Gasteiger partial charge is 0.484 e. The quantitative estimate of drug-likeness (QED) is 0.936. The van der Waals surface area contributed by atoms with Crippen molar-refractivity contribution in [2.75, 3.05) is 11.9 Å². The Morgan fingerprint density at radius 2 is 1.87 bits per heavy atom. The zero-order chi connectivity index (χ0) is 16.9. The van der Waals surface area contributed by atoms with E-state index < -0.39 is 17.6 Å². The maximum absolute atomic E-state index is 12.4. The molecule has 0 spiro atoms. The Bertz CT molecular complexity index is 734. The second-order valence-corrected chi connectivity index (χ2v) is 4.55. The second kappa shape index (κ2) is 6.83. The molecule has 0 bridgehead atoms. The minimum atomic E-state index is -4.42. The lowest BCUT2D eigenvalue weighted by Crippen LogP contribution is -2.20. The van der Waals surface area contributed by atoms with Gasteiger partial charge in [-0.25, -0.2) is 0 Å². The van der Waals surface area contributed by atoms with Gasteiger partial charge < -0.3 is 10.1 Å². The molecule has 0 atom stereocenters. The lowest BCUT2D eigenvalue weighted by Gasteiger charge is -2.09. The van der Waals surface area contributed by atoms with Crippen molar-refractivity contribution >= 4 is 11.6 Å². The molecule has 0 aliphatic heterocycles. The van der Waals surface area contributed by atoms with E-state index in [1.165, 1.54) is 6.07 Å². The summed E-state index contributed by atoms with van der Waals surface area (Å²) in [4.78, 5) is 11.7. The van der Waals surface area contributed by atoms with Crippen LogP contribution in [0.4, 0.5) is 18.9 Å². The van der Waals surface area contributed by atoms with Crippen molar-refractivity contribution in [2.45, 2.75) is 6.18 Å². The topological polar surface area (TPSA) is 62.1 Å². The highest BCUT2D eigenvalue weighted by Gasteiger charge is 2.29. The summed E-state index contributed by atoms with van der Waals surface area (Å²) >= 11 is 0. The number of rotatable bonds is 4. The Morgan fingerprint density at radius 1 is 1.17 bits per heavy atom. The molecule has 0 aliphatic rings. The minimum Gasteiger partial charge on any atom is -0.484 e. The number of halogens is 3. The van der Waals surface area contributed by atoms with Gasteiger partial charge in [-0.05, 0) is 42.5 Å². The van der Waals surface area contributed by atoms with E-state index in [1.807, 2.05) is 6.07 Å². The normalized spacial score (nSPS) is 10.7. The van der Waals surface area contributed by atoms with Crippen LogP contribution in [0.1, 0.15) is 11.1 Å². The van der Waals surface area contributed by atoms with Crippen LogP contribution in [0.2, 0.25) is 0 Å². The molecule has 0 aliphatic carbocycles. The van der Waals surface area contributed by atoms with Crippen LogP contribution in [-0.2, 0) is 11.0 Å². The van der Waals surface area contributed by atoms with Crippen LogP contribution in [0.3, 0.4) is 0 Å². The van der Waals surface area contributed by atoms with Crippen molar-refractivity contribution in [2.24, 2.45) is 0 Å². The number of ether oxygens (including phenoxy) is 1. The molecule has 1 amide bonds. The predicted octanol–water partition coefficient (Wildman–Crippen LogP) is 3.59. The predicted molar refractivity (Wildman–Crippen MR) is 76.7 cm³/mol. The van der Waals surface area contributed by atoms with Gasteiger partial charge in [-0.15, -0.1) is 0 Å². The minimum absolute atomic E-state index is 0.234. The van der Waals surface area contributed by atoms with Gasteiger partial charge in [-0.1, -0.05) is 6.07 Å². The van der Waals surface area contributed by atoms with Crippen molar-refractivity contribution in [3.63, 3.8) is 0 Å². The van der Waals surface area contributed by atoms with Gasteiger partial charge in [0.25, 0.3) is 5.91 Å². The van der Waals surface area contributed by atoms with Crippen LogP contribution in [0.5, 0.6) is 5.75 Å². The van der Waals surface area contributed by atoms with Gasteiger partial charge >= 0.3 is 6.18 Å². The molecular formula is C16H11F3N2O2. The van der Waals surface area contributed by atoms with Crippen LogP contribution < -0.4 is 10.1 Å². The summed E-state index contributed by atoms with van der Waals surface area (Å²) in [6, 6.07) is 12.3. The number of hydrogen-bond donors (Lipinski definition) is 1. The van der Waals surface area contributed by atoms with Crippen molar-refractivity contribution in [1.29, 1.82) is 5.26 Å². The second-order valence-electron chi connectivity index (χ2n) is 4.55. The summed E-state index contributed by atoms with van der Waals surface area (Å²) in [5.74, 6) is -0.168. The van der Waals surface area contributed by atoms with Gasteiger partial charge in [0, 0.05) is 5.69 Å². The third kappa shape index (κ3) is 4.74. The lowest BCUT2D eigenvalue weighted by atomic mass is 10.2. The smallest absolute Gasteiger partial charge is 0.416 e. The molecule has 2 rings (SSSR count). The molecule has 2 aromatic carbocycles. The molecular weight excluding hydrogens is 309 g/mol. The van der Waals surface area contributed by atoms with Gasteiger partial charge in [0.1, 0.15) is 5.75 Å². The van der Waals surface area contributed by atoms with Gasteiger partial charge in [0.05, 0.1) is 17.2 Å². The highest BCUT2D eigenvalue weighted by molar-refractivity contribution is 5.91. The number of anilines is 1. The third-order valence-corrected chi connectivity index (χ3v) is 2.83. The summed E-state index contributed by atoms with van der Waals surface area (Å²) in [5.41, 5.74) is -0.164. The number of carbonyl (C=O) groups is 1. The molecule has 7 heteroatoms. The molecule has 118 valence electrons. The van der Waals surface area contributed by atoms with Crippen molar-refractivity contribution in [3.8, 4) is 11.8 Å². The van der Waals surface area contributed by atoms with Gasteiger partial charge in [-0.2, -0.15) is 18.4 Å².